The van der Waals surface area contributed by atoms with E-state index in [4.69, 9.17) is 4.74 Å². The fourth-order valence-electron chi connectivity index (χ4n) is 2.70. The van der Waals surface area contributed by atoms with Gasteiger partial charge in [0.1, 0.15) is 11.9 Å². The van der Waals surface area contributed by atoms with E-state index in [2.05, 4.69) is 4.98 Å². The number of sulfonamides is 1. The van der Waals surface area contributed by atoms with Crippen molar-refractivity contribution in [1.29, 1.82) is 0 Å². The van der Waals surface area contributed by atoms with Crippen LogP contribution in [0.25, 0.3) is 0 Å². The first kappa shape index (κ1) is 16.0. The van der Waals surface area contributed by atoms with Crippen LogP contribution in [-0.2, 0) is 15.8 Å². The Kier molecular flexibility index (Phi) is 4.63. The molecule has 0 N–H and O–H groups in total. The SMILES string of the molecule is Cc1ncccc1O[C@@H]1CCN(S(=O)(=O)Cc2ccccc2)C1. The molecular formula is C17H20N2O3S. The maximum Gasteiger partial charge on any atom is 0.218 e. The highest BCUT2D eigenvalue weighted by Gasteiger charge is 2.32. The van der Waals surface area contributed by atoms with E-state index in [-0.39, 0.29) is 11.9 Å². The van der Waals surface area contributed by atoms with Crippen molar-refractivity contribution in [2.24, 2.45) is 0 Å². The molecule has 1 aromatic carbocycles. The third-order valence-corrected chi connectivity index (χ3v) is 5.76. The van der Waals surface area contributed by atoms with Crippen LogP contribution in [0.2, 0.25) is 0 Å². The average Bonchev–Trinajstić information content (AvgIpc) is 3.00. The van der Waals surface area contributed by atoms with Crippen LogP contribution in [0, 0.1) is 6.92 Å². The van der Waals surface area contributed by atoms with Gasteiger partial charge in [-0.25, -0.2) is 8.42 Å². The Hall–Kier alpha value is -1.92. The maximum absolute atomic E-state index is 12.5. The molecule has 1 aromatic heterocycles. The summed E-state index contributed by atoms with van der Waals surface area (Å²) in [5.41, 5.74) is 1.62. The molecule has 122 valence electrons. The minimum Gasteiger partial charge on any atom is -0.487 e. The summed E-state index contributed by atoms with van der Waals surface area (Å²) in [7, 11) is -3.31. The summed E-state index contributed by atoms with van der Waals surface area (Å²) in [5.74, 6) is 0.756. The normalized spacial score (nSPS) is 18.9. The van der Waals surface area contributed by atoms with Crippen LogP contribution in [-0.4, -0.2) is 36.9 Å². The predicted octanol–water partition coefficient (Wildman–Crippen LogP) is 2.37. The zero-order valence-electron chi connectivity index (χ0n) is 13.1. The van der Waals surface area contributed by atoms with Gasteiger partial charge in [0.15, 0.2) is 0 Å². The number of hydrogen-bond acceptors (Lipinski definition) is 4. The summed E-state index contributed by atoms with van der Waals surface area (Å²) >= 11 is 0. The molecule has 2 heterocycles. The van der Waals surface area contributed by atoms with Crippen molar-refractivity contribution in [3.63, 3.8) is 0 Å². The minimum atomic E-state index is -3.31. The van der Waals surface area contributed by atoms with Crippen LogP contribution < -0.4 is 4.74 Å². The van der Waals surface area contributed by atoms with Crippen LogP contribution in [0.3, 0.4) is 0 Å². The predicted molar refractivity (Wildman–Crippen MR) is 88.6 cm³/mol. The Morgan fingerprint density at radius 3 is 2.74 bits per heavy atom. The number of benzene rings is 1. The number of aryl methyl sites for hydroxylation is 1. The molecule has 1 saturated heterocycles. The van der Waals surface area contributed by atoms with Gasteiger partial charge in [-0.05, 0) is 31.0 Å². The Labute approximate surface area is 137 Å². The second kappa shape index (κ2) is 6.68. The summed E-state index contributed by atoms with van der Waals surface area (Å²) in [5, 5.41) is 0. The van der Waals surface area contributed by atoms with Gasteiger partial charge in [-0.15, -0.1) is 0 Å². The van der Waals surface area contributed by atoms with Crippen molar-refractivity contribution in [2.45, 2.75) is 25.2 Å². The Morgan fingerprint density at radius 1 is 1.22 bits per heavy atom. The van der Waals surface area contributed by atoms with Gasteiger partial charge in [0.05, 0.1) is 18.0 Å². The first-order chi connectivity index (χ1) is 11.0. The molecule has 5 nitrogen and oxygen atoms in total. The van der Waals surface area contributed by atoms with Crippen LogP contribution in [0.4, 0.5) is 0 Å². The smallest absolute Gasteiger partial charge is 0.218 e. The van der Waals surface area contributed by atoms with E-state index >= 15 is 0 Å². The van der Waals surface area contributed by atoms with E-state index in [1.807, 2.05) is 49.4 Å². The molecule has 1 fully saturated rings. The Balaban J connectivity index is 1.64. The molecule has 0 radical (unpaired) electrons. The number of hydrogen-bond donors (Lipinski definition) is 0. The Bertz CT molecular complexity index is 762. The zero-order valence-corrected chi connectivity index (χ0v) is 13.9. The molecule has 0 bridgehead atoms. The number of nitrogens with zero attached hydrogens (tertiary/aromatic N) is 2. The molecule has 1 aliphatic rings. The summed E-state index contributed by atoms with van der Waals surface area (Å²) in [6.45, 7) is 2.77. The summed E-state index contributed by atoms with van der Waals surface area (Å²) in [6, 6.07) is 12.9. The van der Waals surface area contributed by atoms with Crippen LogP contribution >= 0.6 is 0 Å². The highest BCUT2D eigenvalue weighted by molar-refractivity contribution is 7.88. The van der Waals surface area contributed by atoms with Crippen LogP contribution in [0.1, 0.15) is 17.7 Å². The van der Waals surface area contributed by atoms with Gasteiger partial charge in [-0.3, -0.25) is 4.98 Å². The highest BCUT2D eigenvalue weighted by Crippen LogP contribution is 2.23. The quantitative estimate of drug-likeness (QED) is 0.843. The molecule has 1 aliphatic heterocycles. The molecule has 0 aliphatic carbocycles. The maximum atomic E-state index is 12.5. The third-order valence-electron chi connectivity index (χ3n) is 3.95. The van der Waals surface area contributed by atoms with Crippen LogP contribution in [0.5, 0.6) is 5.75 Å². The summed E-state index contributed by atoms with van der Waals surface area (Å²) < 4.78 is 32.5. The van der Waals surface area contributed by atoms with Crippen molar-refractivity contribution < 1.29 is 13.2 Å². The molecule has 1 atom stereocenters. The first-order valence-electron chi connectivity index (χ1n) is 7.64. The van der Waals surface area contributed by atoms with E-state index in [9.17, 15) is 8.42 Å². The van der Waals surface area contributed by atoms with E-state index in [1.165, 1.54) is 4.31 Å². The lowest BCUT2D eigenvalue weighted by Crippen LogP contribution is -2.32. The summed E-state index contributed by atoms with van der Waals surface area (Å²) in [6.07, 6.45) is 2.29. The molecule has 0 saturated carbocycles. The highest BCUT2D eigenvalue weighted by atomic mass is 32.2. The van der Waals surface area contributed by atoms with Gasteiger partial charge in [0, 0.05) is 12.7 Å². The minimum absolute atomic E-state index is 0.0342. The molecular weight excluding hydrogens is 312 g/mol. The average molecular weight is 332 g/mol. The second-order valence-corrected chi connectivity index (χ2v) is 7.68. The van der Waals surface area contributed by atoms with E-state index < -0.39 is 10.0 Å². The number of aromatic nitrogens is 1. The molecule has 23 heavy (non-hydrogen) atoms. The van der Waals surface area contributed by atoms with Crippen molar-refractivity contribution >= 4 is 10.0 Å². The van der Waals surface area contributed by atoms with Crippen LogP contribution in [0.15, 0.2) is 48.7 Å². The second-order valence-electron chi connectivity index (χ2n) is 5.72. The summed E-state index contributed by atoms with van der Waals surface area (Å²) in [4.78, 5) is 4.19. The molecule has 3 rings (SSSR count). The van der Waals surface area contributed by atoms with Crippen molar-refractivity contribution in [1.82, 2.24) is 9.29 Å². The molecule has 2 aromatic rings. The van der Waals surface area contributed by atoms with E-state index in [1.54, 1.807) is 6.20 Å². The number of ether oxygens (including phenoxy) is 1. The number of rotatable bonds is 5. The lowest BCUT2D eigenvalue weighted by atomic mass is 10.2. The molecule has 0 amide bonds. The van der Waals surface area contributed by atoms with Crippen molar-refractivity contribution in [2.75, 3.05) is 13.1 Å². The molecule has 6 heteroatoms. The Morgan fingerprint density at radius 2 is 2.00 bits per heavy atom. The largest absolute Gasteiger partial charge is 0.487 e. The monoisotopic (exact) mass is 332 g/mol. The van der Waals surface area contributed by atoms with Gasteiger partial charge in [-0.2, -0.15) is 4.31 Å². The van der Waals surface area contributed by atoms with Gasteiger partial charge in [0.2, 0.25) is 10.0 Å². The van der Waals surface area contributed by atoms with Gasteiger partial charge in [0.25, 0.3) is 0 Å². The van der Waals surface area contributed by atoms with Gasteiger partial charge < -0.3 is 4.74 Å². The topological polar surface area (TPSA) is 59.5 Å². The zero-order chi connectivity index (χ0) is 16.3. The third kappa shape index (κ3) is 3.89. The molecule has 0 unspecified atom stereocenters. The molecule has 0 spiro atoms. The van der Waals surface area contributed by atoms with Crippen molar-refractivity contribution in [3.05, 3.63) is 59.9 Å². The first-order valence-corrected chi connectivity index (χ1v) is 9.25. The standard InChI is InChI=1S/C17H20N2O3S/c1-14-17(8-5-10-18-14)22-16-9-11-19(12-16)23(20,21)13-15-6-3-2-4-7-15/h2-8,10,16H,9,11-13H2,1H3/t16-/m1/s1. The lowest BCUT2D eigenvalue weighted by Gasteiger charge is -2.18. The van der Waals surface area contributed by atoms with Gasteiger partial charge in [-0.1, -0.05) is 30.3 Å². The fourth-order valence-corrected chi connectivity index (χ4v) is 4.27. The lowest BCUT2D eigenvalue weighted by molar-refractivity contribution is 0.213. The number of pyridine rings is 1. The van der Waals surface area contributed by atoms with Gasteiger partial charge >= 0.3 is 0 Å². The fraction of sp³-hybridized carbons (Fsp3) is 0.353. The van der Waals surface area contributed by atoms with Crippen molar-refractivity contribution in [3.8, 4) is 5.75 Å². The van der Waals surface area contributed by atoms with E-state index in [0.717, 1.165) is 17.0 Å². The van der Waals surface area contributed by atoms with E-state index in [0.29, 0.717) is 19.5 Å².